The quantitative estimate of drug-likeness (QED) is 0.750. The van der Waals surface area contributed by atoms with E-state index in [2.05, 4.69) is 42.3 Å². The van der Waals surface area contributed by atoms with E-state index in [9.17, 15) is 4.79 Å². The van der Waals surface area contributed by atoms with Gasteiger partial charge in [-0.2, -0.15) is 0 Å². The van der Waals surface area contributed by atoms with Crippen molar-refractivity contribution < 1.29 is 9.53 Å². The summed E-state index contributed by atoms with van der Waals surface area (Å²) in [6, 6.07) is 11.8. The number of amides is 1. The maximum absolute atomic E-state index is 12.5. The molecule has 0 saturated carbocycles. The van der Waals surface area contributed by atoms with E-state index in [4.69, 9.17) is 4.74 Å². The SMILES string of the molecule is Cc1ccc(-c2csc(NC(=O)c3ccc4c(c3)CCO4)n2)c(C)c1. The average Bonchev–Trinajstić information content (AvgIpc) is 3.23. The predicted octanol–water partition coefficient (Wildman–Crippen LogP) is 4.61. The van der Waals surface area contributed by atoms with Crippen molar-refractivity contribution in [3.05, 3.63) is 64.0 Å². The van der Waals surface area contributed by atoms with Crippen LogP contribution in [0.5, 0.6) is 5.75 Å². The molecule has 1 N–H and O–H groups in total. The van der Waals surface area contributed by atoms with E-state index in [1.165, 1.54) is 22.5 Å². The second kappa shape index (κ2) is 6.33. The number of hydrogen-bond acceptors (Lipinski definition) is 4. The molecule has 0 spiro atoms. The summed E-state index contributed by atoms with van der Waals surface area (Å²) < 4.78 is 5.48. The number of aryl methyl sites for hydroxylation is 2. The second-order valence-electron chi connectivity index (χ2n) is 6.23. The normalized spacial score (nSPS) is 12.6. The van der Waals surface area contributed by atoms with Crippen molar-refractivity contribution in [2.45, 2.75) is 20.3 Å². The molecule has 2 aromatic carbocycles. The molecule has 25 heavy (non-hydrogen) atoms. The van der Waals surface area contributed by atoms with E-state index in [-0.39, 0.29) is 5.91 Å². The molecule has 3 aromatic rings. The molecule has 0 fully saturated rings. The molecule has 126 valence electrons. The molecule has 0 unspecified atom stereocenters. The highest BCUT2D eigenvalue weighted by molar-refractivity contribution is 7.14. The summed E-state index contributed by atoms with van der Waals surface area (Å²) in [5.41, 5.74) is 6.11. The molecule has 1 amide bonds. The lowest BCUT2D eigenvalue weighted by Crippen LogP contribution is -2.11. The third kappa shape index (κ3) is 3.15. The van der Waals surface area contributed by atoms with Crippen LogP contribution in [0.1, 0.15) is 27.0 Å². The zero-order valence-corrected chi connectivity index (χ0v) is 14.9. The topological polar surface area (TPSA) is 51.2 Å². The number of ether oxygens (including phenoxy) is 1. The van der Waals surface area contributed by atoms with E-state index in [0.717, 1.165) is 29.0 Å². The van der Waals surface area contributed by atoms with Gasteiger partial charge in [0.15, 0.2) is 5.13 Å². The first-order chi connectivity index (χ1) is 12.1. The van der Waals surface area contributed by atoms with Gasteiger partial charge in [0.05, 0.1) is 12.3 Å². The molecular weight excluding hydrogens is 332 g/mol. The van der Waals surface area contributed by atoms with Crippen molar-refractivity contribution in [2.75, 3.05) is 11.9 Å². The molecule has 4 rings (SSSR count). The van der Waals surface area contributed by atoms with Crippen LogP contribution in [0.3, 0.4) is 0 Å². The Bertz CT molecular complexity index is 962. The number of rotatable bonds is 3. The van der Waals surface area contributed by atoms with E-state index in [1.54, 1.807) is 6.07 Å². The zero-order valence-electron chi connectivity index (χ0n) is 14.1. The number of fused-ring (bicyclic) bond motifs is 1. The van der Waals surface area contributed by atoms with Crippen LogP contribution in [0.2, 0.25) is 0 Å². The van der Waals surface area contributed by atoms with Crippen LogP contribution in [-0.4, -0.2) is 17.5 Å². The number of nitrogens with zero attached hydrogens (tertiary/aromatic N) is 1. The first-order valence-electron chi connectivity index (χ1n) is 8.20. The molecule has 0 saturated heterocycles. The average molecular weight is 350 g/mol. The molecule has 1 aromatic heterocycles. The molecule has 0 radical (unpaired) electrons. The van der Waals surface area contributed by atoms with E-state index in [1.807, 2.05) is 17.5 Å². The van der Waals surface area contributed by atoms with Gasteiger partial charge < -0.3 is 4.74 Å². The van der Waals surface area contributed by atoms with E-state index < -0.39 is 0 Å². The van der Waals surface area contributed by atoms with Crippen LogP contribution in [-0.2, 0) is 6.42 Å². The van der Waals surface area contributed by atoms with Gasteiger partial charge in [0, 0.05) is 22.9 Å². The van der Waals surface area contributed by atoms with Crippen molar-refractivity contribution >= 4 is 22.4 Å². The van der Waals surface area contributed by atoms with Crippen LogP contribution in [0.4, 0.5) is 5.13 Å². The highest BCUT2D eigenvalue weighted by atomic mass is 32.1. The molecule has 0 aliphatic carbocycles. The van der Waals surface area contributed by atoms with Gasteiger partial charge in [0.1, 0.15) is 5.75 Å². The van der Waals surface area contributed by atoms with Gasteiger partial charge in [-0.05, 0) is 43.2 Å². The van der Waals surface area contributed by atoms with Crippen LogP contribution < -0.4 is 10.1 Å². The predicted molar refractivity (Wildman–Crippen MR) is 101 cm³/mol. The highest BCUT2D eigenvalue weighted by Gasteiger charge is 2.16. The summed E-state index contributed by atoms with van der Waals surface area (Å²) in [6.07, 6.45) is 0.852. The zero-order chi connectivity index (χ0) is 17.4. The van der Waals surface area contributed by atoms with Crippen molar-refractivity contribution in [2.24, 2.45) is 0 Å². The number of carbonyl (C=O) groups excluding carboxylic acids is 1. The Labute approximate surface area is 150 Å². The minimum atomic E-state index is -0.142. The molecule has 1 aliphatic heterocycles. The molecule has 0 atom stereocenters. The molecular formula is C20H18N2O2S. The van der Waals surface area contributed by atoms with Crippen LogP contribution in [0.15, 0.2) is 41.8 Å². The monoisotopic (exact) mass is 350 g/mol. The van der Waals surface area contributed by atoms with Crippen LogP contribution >= 0.6 is 11.3 Å². The van der Waals surface area contributed by atoms with Gasteiger partial charge in [-0.1, -0.05) is 23.8 Å². The first kappa shape index (κ1) is 15.8. The Morgan fingerprint density at radius 1 is 1.20 bits per heavy atom. The molecule has 2 heterocycles. The van der Waals surface area contributed by atoms with Gasteiger partial charge in [0.2, 0.25) is 0 Å². The minimum absolute atomic E-state index is 0.142. The number of anilines is 1. The third-order valence-electron chi connectivity index (χ3n) is 4.33. The summed E-state index contributed by atoms with van der Waals surface area (Å²) in [5, 5.41) is 5.48. The van der Waals surface area contributed by atoms with Gasteiger partial charge in [-0.25, -0.2) is 4.98 Å². The first-order valence-corrected chi connectivity index (χ1v) is 9.08. The fourth-order valence-corrected chi connectivity index (χ4v) is 3.76. The fourth-order valence-electron chi connectivity index (χ4n) is 3.05. The second-order valence-corrected chi connectivity index (χ2v) is 7.09. The summed E-state index contributed by atoms with van der Waals surface area (Å²) in [5.74, 6) is 0.735. The van der Waals surface area contributed by atoms with Crippen molar-refractivity contribution in [1.29, 1.82) is 0 Å². The van der Waals surface area contributed by atoms with Gasteiger partial charge in [0.25, 0.3) is 5.91 Å². The summed E-state index contributed by atoms with van der Waals surface area (Å²) in [4.78, 5) is 17.1. The smallest absolute Gasteiger partial charge is 0.257 e. The number of hydrogen-bond donors (Lipinski definition) is 1. The van der Waals surface area contributed by atoms with Gasteiger partial charge >= 0.3 is 0 Å². The maximum atomic E-state index is 12.5. The van der Waals surface area contributed by atoms with Crippen molar-refractivity contribution in [1.82, 2.24) is 4.98 Å². The standard InChI is InChI=1S/C20H18N2O2S/c1-12-3-5-16(13(2)9-12)17-11-25-20(21-17)22-19(23)15-4-6-18-14(10-15)7-8-24-18/h3-6,9-11H,7-8H2,1-2H3,(H,21,22,23). The lowest BCUT2D eigenvalue weighted by atomic mass is 10.0. The molecule has 4 nitrogen and oxygen atoms in total. The molecule has 5 heteroatoms. The largest absolute Gasteiger partial charge is 0.493 e. The lowest BCUT2D eigenvalue weighted by Gasteiger charge is -2.05. The Kier molecular flexibility index (Phi) is 4.01. The van der Waals surface area contributed by atoms with Crippen LogP contribution in [0, 0.1) is 13.8 Å². The molecule has 0 bridgehead atoms. The Morgan fingerprint density at radius 2 is 2.08 bits per heavy atom. The Hall–Kier alpha value is -2.66. The third-order valence-corrected chi connectivity index (χ3v) is 5.09. The summed E-state index contributed by atoms with van der Waals surface area (Å²) in [7, 11) is 0. The number of aromatic nitrogens is 1. The summed E-state index contributed by atoms with van der Waals surface area (Å²) in [6.45, 7) is 4.84. The Balaban J connectivity index is 1.54. The highest BCUT2D eigenvalue weighted by Crippen LogP contribution is 2.29. The van der Waals surface area contributed by atoms with Crippen molar-refractivity contribution in [3.8, 4) is 17.0 Å². The fraction of sp³-hybridized carbons (Fsp3) is 0.200. The van der Waals surface area contributed by atoms with Crippen LogP contribution in [0.25, 0.3) is 11.3 Å². The lowest BCUT2D eigenvalue weighted by molar-refractivity contribution is 0.102. The number of benzene rings is 2. The Morgan fingerprint density at radius 3 is 2.92 bits per heavy atom. The minimum Gasteiger partial charge on any atom is -0.493 e. The maximum Gasteiger partial charge on any atom is 0.257 e. The molecule has 1 aliphatic rings. The van der Waals surface area contributed by atoms with E-state index in [0.29, 0.717) is 17.3 Å². The summed E-state index contributed by atoms with van der Waals surface area (Å²) >= 11 is 1.44. The van der Waals surface area contributed by atoms with Gasteiger partial charge in [-0.3, -0.25) is 10.1 Å². The van der Waals surface area contributed by atoms with Gasteiger partial charge in [-0.15, -0.1) is 11.3 Å². The number of carbonyl (C=O) groups is 1. The number of thiazole rings is 1. The van der Waals surface area contributed by atoms with Crippen molar-refractivity contribution in [3.63, 3.8) is 0 Å². The number of nitrogens with one attached hydrogen (secondary N) is 1. The van der Waals surface area contributed by atoms with E-state index >= 15 is 0 Å².